The Morgan fingerprint density at radius 3 is 2.84 bits per heavy atom. The molecule has 1 aromatic heterocycles. The van der Waals surface area contributed by atoms with Crippen molar-refractivity contribution in [1.82, 2.24) is 9.97 Å². The zero-order chi connectivity index (χ0) is 16.7. The van der Waals surface area contributed by atoms with E-state index < -0.39 is 6.29 Å². The summed E-state index contributed by atoms with van der Waals surface area (Å²) in [4.78, 5) is 11.0. The number of hydrogen-bond acceptors (Lipinski definition) is 5. The Hall–Kier alpha value is -2.08. The molecule has 4 rings (SSSR count). The molecule has 0 radical (unpaired) electrons. The number of benzene rings is 2. The van der Waals surface area contributed by atoms with Crippen LogP contribution in [0.3, 0.4) is 0 Å². The Balaban J connectivity index is 0.00000182. The van der Waals surface area contributed by atoms with Crippen LogP contribution in [0.1, 0.15) is 12.5 Å². The normalized spacial score (nSPS) is 14.1. The molecule has 0 aliphatic carbocycles. The summed E-state index contributed by atoms with van der Waals surface area (Å²) in [7, 11) is 0. The monoisotopic (exact) mass is 377 g/mol. The highest BCUT2D eigenvalue weighted by atomic mass is 35.5. The van der Waals surface area contributed by atoms with Gasteiger partial charge in [-0.3, -0.25) is 0 Å². The molecule has 5 nitrogen and oxygen atoms in total. The Morgan fingerprint density at radius 1 is 1.20 bits per heavy atom. The molecular formula is C18H17Cl2N3O2. The van der Waals surface area contributed by atoms with Crippen molar-refractivity contribution in [2.75, 3.05) is 11.4 Å². The fourth-order valence-corrected chi connectivity index (χ4v) is 3.25. The van der Waals surface area contributed by atoms with E-state index in [1.807, 2.05) is 30.3 Å². The predicted octanol–water partition coefficient (Wildman–Crippen LogP) is 4.12. The SMILES string of the molecule is CC(O)Oc1ccc2c(N3CCc4ccc(Cl)cc43)ncnc2c1.Cl. The van der Waals surface area contributed by atoms with Gasteiger partial charge in [-0.25, -0.2) is 9.97 Å². The maximum atomic E-state index is 9.36. The summed E-state index contributed by atoms with van der Waals surface area (Å²) in [5, 5.41) is 11.0. The molecule has 1 unspecified atom stereocenters. The van der Waals surface area contributed by atoms with Gasteiger partial charge in [0.15, 0.2) is 6.29 Å². The van der Waals surface area contributed by atoms with Gasteiger partial charge >= 0.3 is 0 Å². The quantitative estimate of drug-likeness (QED) is 0.695. The summed E-state index contributed by atoms with van der Waals surface area (Å²) >= 11 is 6.16. The van der Waals surface area contributed by atoms with E-state index in [-0.39, 0.29) is 12.4 Å². The number of halogens is 2. The zero-order valence-corrected chi connectivity index (χ0v) is 15.1. The zero-order valence-electron chi connectivity index (χ0n) is 13.5. The highest BCUT2D eigenvalue weighted by Crippen LogP contribution is 2.38. The number of fused-ring (bicyclic) bond motifs is 2. The van der Waals surface area contributed by atoms with Crippen molar-refractivity contribution in [3.8, 4) is 5.75 Å². The van der Waals surface area contributed by atoms with Crippen molar-refractivity contribution in [2.45, 2.75) is 19.6 Å². The Kier molecular flexibility index (Phi) is 4.99. The van der Waals surface area contributed by atoms with Crippen LogP contribution in [-0.2, 0) is 6.42 Å². The van der Waals surface area contributed by atoms with Gasteiger partial charge in [-0.05, 0) is 43.2 Å². The van der Waals surface area contributed by atoms with E-state index in [0.29, 0.717) is 10.8 Å². The van der Waals surface area contributed by atoms with Crippen molar-refractivity contribution in [2.24, 2.45) is 0 Å². The predicted molar refractivity (Wildman–Crippen MR) is 101 cm³/mol. The molecule has 1 atom stereocenters. The number of hydrogen-bond donors (Lipinski definition) is 1. The first-order valence-electron chi connectivity index (χ1n) is 7.77. The van der Waals surface area contributed by atoms with Gasteiger partial charge in [-0.2, -0.15) is 0 Å². The Bertz CT molecular complexity index is 918. The summed E-state index contributed by atoms with van der Waals surface area (Å²) in [5.41, 5.74) is 3.13. The molecule has 0 spiro atoms. The average molecular weight is 378 g/mol. The lowest BCUT2D eigenvalue weighted by Gasteiger charge is -2.20. The smallest absolute Gasteiger partial charge is 0.194 e. The lowest BCUT2D eigenvalue weighted by Crippen LogP contribution is -2.15. The summed E-state index contributed by atoms with van der Waals surface area (Å²) in [6, 6.07) is 11.5. The molecule has 0 saturated carbocycles. The molecule has 2 aromatic carbocycles. The molecule has 0 bridgehead atoms. The average Bonchev–Trinajstić information content (AvgIpc) is 2.96. The minimum atomic E-state index is -0.864. The number of nitrogens with zero attached hydrogens (tertiary/aromatic N) is 3. The topological polar surface area (TPSA) is 58.5 Å². The summed E-state index contributed by atoms with van der Waals surface area (Å²) in [6.45, 7) is 2.42. The first-order valence-corrected chi connectivity index (χ1v) is 8.15. The molecule has 130 valence electrons. The third kappa shape index (κ3) is 3.35. The molecule has 2 heterocycles. The van der Waals surface area contributed by atoms with Gasteiger partial charge in [0, 0.05) is 28.7 Å². The van der Waals surface area contributed by atoms with Crippen LogP contribution < -0.4 is 9.64 Å². The number of aliphatic hydroxyl groups excluding tert-OH is 1. The molecule has 1 aliphatic rings. The fraction of sp³-hybridized carbons (Fsp3) is 0.222. The maximum absolute atomic E-state index is 9.36. The third-order valence-corrected chi connectivity index (χ3v) is 4.33. The van der Waals surface area contributed by atoms with E-state index in [1.165, 1.54) is 5.56 Å². The number of anilines is 2. The molecule has 3 aromatic rings. The largest absolute Gasteiger partial charge is 0.465 e. The second-order valence-electron chi connectivity index (χ2n) is 5.77. The van der Waals surface area contributed by atoms with Crippen molar-refractivity contribution in [1.29, 1.82) is 0 Å². The van der Waals surface area contributed by atoms with Gasteiger partial charge in [-0.1, -0.05) is 17.7 Å². The Labute approximate surface area is 156 Å². The van der Waals surface area contributed by atoms with Crippen molar-refractivity contribution in [3.63, 3.8) is 0 Å². The van der Waals surface area contributed by atoms with Crippen molar-refractivity contribution < 1.29 is 9.84 Å². The van der Waals surface area contributed by atoms with Crippen LogP contribution >= 0.6 is 24.0 Å². The van der Waals surface area contributed by atoms with Gasteiger partial charge in [0.25, 0.3) is 0 Å². The van der Waals surface area contributed by atoms with Crippen LogP contribution in [0.15, 0.2) is 42.7 Å². The molecule has 25 heavy (non-hydrogen) atoms. The van der Waals surface area contributed by atoms with E-state index >= 15 is 0 Å². The van der Waals surface area contributed by atoms with Crippen LogP contribution in [0, 0.1) is 0 Å². The first-order chi connectivity index (χ1) is 11.6. The van der Waals surface area contributed by atoms with Gasteiger partial charge < -0.3 is 14.7 Å². The maximum Gasteiger partial charge on any atom is 0.194 e. The van der Waals surface area contributed by atoms with Crippen molar-refractivity contribution >= 4 is 46.4 Å². The summed E-state index contributed by atoms with van der Waals surface area (Å²) in [6.07, 6.45) is 1.64. The lowest BCUT2D eigenvalue weighted by atomic mass is 10.1. The number of ether oxygens (including phenoxy) is 1. The molecule has 0 fully saturated rings. The van der Waals surface area contributed by atoms with Gasteiger partial charge in [0.05, 0.1) is 5.52 Å². The second kappa shape index (κ2) is 7.04. The van der Waals surface area contributed by atoms with Crippen LogP contribution in [0.5, 0.6) is 5.75 Å². The van der Waals surface area contributed by atoms with E-state index in [9.17, 15) is 5.11 Å². The van der Waals surface area contributed by atoms with Crippen LogP contribution in [0.2, 0.25) is 5.02 Å². The van der Waals surface area contributed by atoms with Crippen LogP contribution in [-0.4, -0.2) is 27.9 Å². The van der Waals surface area contributed by atoms with E-state index in [4.69, 9.17) is 16.3 Å². The van der Waals surface area contributed by atoms with Crippen LogP contribution in [0.25, 0.3) is 10.9 Å². The summed E-state index contributed by atoms with van der Waals surface area (Å²) < 4.78 is 5.32. The highest BCUT2D eigenvalue weighted by molar-refractivity contribution is 6.31. The minimum absolute atomic E-state index is 0. The molecule has 0 saturated heterocycles. The van der Waals surface area contributed by atoms with Gasteiger partial charge in [0.1, 0.15) is 17.9 Å². The highest BCUT2D eigenvalue weighted by Gasteiger charge is 2.23. The number of aromatic nitrogens is 2. The summed E-state index contributed by atoms with van der Waals surface area (Å²) in [5.74, 6) is 1.43. The molecule has 1 N–H and O–H groups in total. The van der Waals surface area contributed by atoms with Crippen molar-refractivity contribution in [3.05, 3.63) is 53.3 Å². The van der Waals surface area contributed by atoms with Crippen LogP contribution in [0.4, 0.5) is 11.5 Å². The first kappa shape index (κ1) is 17.7. The third-order valence-electron chi connectivity index (χ3n) is 4.09. The number of aliphatic hydroxyl groups is 1. The Morgan fingerprint density at radius 2 is 2.04 bits per heavy atom. The minimum Gasteiger partial charge on any atom is -0.465 e. The van der Waals surface area contributed by atoms with Gasteiger partial charge in [-0.15, -0.1) is 12.4 Å². The molecule has 7 heteroatoms. The standard InChI is InChI=1S/C18H16ClN3O2.ClH/c1-11(23)24-14-4-5-15-16(9-14)20-10-21-18(15)22-7-6-12-2-3-13(19)8-17(12)22;/h2-5,8-11,23H,6-7H2,1H3;1H. The second-order valence-corrected chi connectivity index (χ2v) is 6.20. The van der Waals surface area contributed by atoms with E-state index in [1.54, 1.807) is 13.3 Å². The number of rotatable bonds is 3. The molecule has 0 amide bonds. The van der Waals surface area contributed by atoms with E-state index in [2.05, 4.69) is 20.9 Å². The molecular weight excluding hydrogens is 361 g/mol. The lowest BCUT2D eigenvalue weighted by molar-refractivity contribution is -0.000192. The van der Waals surface area contributed by atoms with Gasteiger partial charge in [0.2, 0.25) is 0 Å². The molecule has 1 aliphatic heterocycles. The fourth-order valence-electron chi connectivity index (χ4n) is 3.08. The van der Waals surface area contributed by atoms with E-state index in [0.717, 1.165) is 35.4 Å².